The molecule has 0 aliphatic rings. The van der Waals surface area contributed by atoms with E-state index < -0.39 is 0 Å². The Bertz CT molecular complexity index is 1160. The molecule has 0 saturated heterocycles. The maximum absolute atomic E-state index is 14.6. The van der Waals surface area contributed by atoms with Gasteiger partial charge in [-0.15, -0.1) is 0 Å². The van der Waals surface area contributed by atoms with E-state index in [-0.39, 0.29) is 23.4 Å². The summed E-state index contributed by atoms with van der Waals surface area (Å²) in [6, 6.07) is 11.2. The number of Topliss-reactive ketones (excluding diaryl/α,β-unsaturated/α-hetero) is 1. The zero-order valence-corrected chi connectivity index (χ0v) is 28.8. The molecule has 2 aromatic carbocycles. The van der Waals surface area contributed by atoms with Gasteiger partial charge in [0, 0.05) is 5.56 Å². The van der Waals surface area contributed by atoms with Crippen molar-refractivity contribution in [3.8, 4) is 0 Å². The molecule has 0 saturated carbocycles. The second-order valence-corrected chi connectivity index (χ2v) is 13.2. The van der Waals surface area contributed by atoms with Gasteiger partial charge in [-0.2, -0.15) is 0 Å². The van der Waals surface area contributed by atoms with Crippen LogP contribution in [0.2, 0.25) is 0 Å². The van der Waals surface area contributed by atoms with Gasteiger partial charge < -0.3 is 5.11 Å². The molecule has 1 N–H and O–H groups in total. The molecule has 0 aromatic heterocycles. The Morgan fingerprint density at radius 1 is 0.619 bits per heavy atom. The maximum atomic E-state index is 14.6. The van der Waals surface area contributed by atoms with Crippen LogP contribution in [0.15, 0.2) is 36.1 Å². The van der Waals surface area contributed by atoms with Crippen molar-refractivity contribution >= 4 is 11.9 Å². The Morgan fingerprint density at radius 2 is 1.05 bits per heavy atom. The minimum absolute atomic E-state index is 0.129. The first kappa shape index (κ1) is 35.8. The van der Waals surface area contributed by atoms with Crippen LogP contribution in [0.5, 0.6) is 0 Å². The lowest BCUT2D eigenvalue weighted by molar-refractivity contribution is 0.0977. The molecule has 2 rings (SSSR count). The number of carbonyl (C=O) groups is 1. The van der Waals surface area contributed by atoms with Crippen LogP contribution in [0.3, 0.4) is 0 Å². The van der Waals surface area contributed by atoms with Crippen molar-refractivity contribution in [2.24, 2.45) is 0 Å². The summed E-state index contributed by atoms with van der Waals surface area (Å²) in [6.45, 7) is 22.5. The Balaban J connectivity index is 2.83. The van der Waals surface area contributed by atoms with Gasteiger partial charge in [0.1, 0.15) is 0 Å². The summed E-state index contributed by atoms with van der Waals surface area (Å²) in [4.78, 5) is 14.6. The first-order valence-corrected chi connectivity index (χ1v) is 17.3. The predicted octanol–water partition coefficient (Wildman–Crippen LogP) is 13.0. The molecule has 0 fully saturated rings. The van der Waals surface area contributed by atoms with Crippen LogP contribution >= 0.6 is 0 Å². The lowest BCUT2D eigenvalue weighted by Crippen LogP contribution is -2.17. The molecule has 2 heteroatoms. The number of rotatable bonds is 18. The third-order valence-electron chi connectivity index (χ3n) is 9.44. The van der Waals surface area contributed by atoms with Gasteiger partial charge in [0.05, 0.1) is 0 Å². The fourth-order valence-corrected chi connectivity index (χ4v) is 7.03. The Hall–Kier alpha value is -2.35. The Kier molecular flexibility index (Phi) is 15.1. The van der Waals surface area contributed by atoms with Crippen molar-refractivity contribution in [2.75, 3.05) is 0 Å². The molecule has 5 unspecified atom stereocenters. The highest BCUT2D eigenvalue weighted by Gasteiger charge is 2.29. The minimum atomic E-state index is -0.211. The van der Waals surface area contributed by atoms with Crippen LogP contribution in [-0.2, 0) is 0 Å². The zero-order chi connectivity index (χ0) is 31.4. The molecule has 0 spiro atoms. The van der Waals surface area contributed by atoms with Gasteiger partial charge >= 0.3 is 0 Å². The second-order valence-electron chi connectivity index (χ2n) is 13.2. The number of carbonyl (C=O) groups excluding carboxylic acids is 1. The maximum Gasteiger partial charge on any atom is 0.227 e. The first-order valence-electron chi connectivity index (χ1n) is 17.3. The second kappa shape index (κ2) is 17.7. The van der Waals surface area contributed by atoms with Crippen LogP contribution in [-0.4, -0.2) is 10.9 Å². The molecule has 0 aliphatic heterocycles. The molecule has 0 amide bonds. The van der Waals surface area contributed by atoms with E-state index in [1.54, 1.807) is 6.08 Å². The van der Waals surface area contributed by atoms with E-state index in [9.17, 15) is 9.90 Å². The lowest BCUT2D eigenvalue weighted by atomic mass is 9.77. The van der Waals surface area contributed by atoms with Crippen LogP contribution in [0.25, 0.3) is 6.08 Å². The number of ketones is 1. The van der Waals surface area contributed by atoms with E-state index in [1.807, 2.05) is 0 Å². The van der Waals surface area contributed by atoms with E-state index in [0.717, 1.165) is 80.9 Å². The summed E-state index contributed by atoms with van der Waals surface area (Å²) in [5.74, 6) is 1.34. The summed E-state index contributed by atoms with van der Waals surface area (Å²) < 4.78 is 0. The zero-order valence-electron chi connectivity index (χ0n) is 28.8. The largest absolute Gasteiger partial charge is 0.504 e. The Labute approximate surface area is 259 Å². The fourth-order valence-electron chi connectivity index (χ4n) is 7.03. The van der Waals surface area contributed by atoms with Crippen molar-refractivity contribution in [1.82, 2.24) is 0 Å². The molecule has 2 nitrogen and oxygen atoms in total. The molecule has 234 valence electrons. The first-order chi connectivity index (χ1) is 20.1. The van der Waals surface area contributed by atoms with Crippen molar-refractivity contribution in [2.45, 2.75) is 163 Å². The normalized spacial score (nSPS) is 15.7. The van der Waals surface area contributed by atoms with Gasteiger partial charge in [-0.25, -0.2) is 0 Å². The molecule has 0 heterocycles. The average Bonchev–Trinajstić information content (AvgIpc) is 2.96. The number of aliphatic hydroxyl groups is 1. The molecule has 2 aromatic rings. The number of aliphatic hydroxyl groups excluding tert-OH is 1. The number of hydrogen-bond donors (Lipinski definition) is 1. The lowest BCUT2D eigenvalue weighted by Gasteiger charge is -2.27. The van der Waals surface area contributed by atoms with Crippen LogP contribution in [0.1, 0.15) is 207 Å². The number of hydrogen-bond acceptors (Lipinski definition) is 2. The topological polar surface area (TPSA) is 37.3 Å². The summed E-state index contributed by atoms with van der Waals surface area (Å²) in [5, 5.41) is 11.7. The standard InChI is InChI=1S/C40H62O2/c1-11-16-27(6)32-21-22-34(28(7)17-12-2)33(25-32)26-37(41)40(42)39-36(30(9)19-14-4)24-23-35(29(8)18-13-3)38(39)31(10)20-15-5/h21-31,41H,11-20H2,1-10H3. The average molecular weight is 575 g/mol. The molecule has 0 aliphatic carbocycles. The summed E-state index contributed by atoms with van der Waals surface area (Å²) in [5.41, 5.74) is 7.81. The SMILES string of the molecule is CCCC(C)c1ccc(C(C)CCC)c(C=C(O)C(=O)c2c(C(C)CCC)ccc(C(C)CCC)c2C(C)CCC)c1. The molecule has 5 atom stereocenters. The highest BCUT2D eigenvalue weighted by molar-refractivity contribution is 6.12. The third-order valence-corrected chi connectivity index (χ3v) is 9.44. The van der Waals surface area contributed by atoms with E-state index in [4.69, 9.17) is 0 Å². The summed E-state index contributed by atoms with van der Waals surface area (Å²) >= 11 is 0. The van der Waals surface area contributed by atoms with Crippen molar-refractivity contribution in [3.05, 3.63) is 75.0 Å². The molecule has 0 bridgehead atoms. The number of benzene rings is 2. The molecular formula is C40H62O2. The van der Waals surface area contributed by atoms with Crippen LogP contribution in [0, 0.1) is 0 Å². The number of allylic oxidation sites excluding steroid dienone is 1. The quantitative estimate of drug-likeness (QED) is 0.109. The molecule has 0 radical (unpaired) electrons. The fraction of sp³-hybridized carbons (Fsp3) is 0.625. The van der Waals surface area contributed by atoms with Gasteiger partial charge in [-0.1, -0.05) is 132 Å². The van der Waals surface area contributed by atoms with Crippen LogP contribution in [0.4, 0.5) is 0 Å². The van der Waals surface area contributed by atoms with Gasteiger partial charge in [-0.05, 0) is 101 Å². The third kappa shape index (κ3) is 9.08. The van der Waals surface area contributed by atoms with Gasteiger partial charge in [0.25, 0.3) is 0 Å². The Morgan fingerprint density at radius 3 is 1.60 bits per heavy atom. The summed E-state index contributed by atoms with van der Waals surface area (Å²) in [7, 11) is 0. The summed E-state index contributed by atoms with van der Waals surface area (Å²) in [6.07, 6.45) is 12.6. The van der Waals surface area contributed by atoms with Crippen molar-refractivity contribution in [1.29, 1.82) is 0 Å². The minimum Gasteiger partial charge on any atom is -0.504 e. The molecule has 42 heavy (non-hydrogen) atoms. The predicted molar refractivity (Wildman–Crippen MR) is 184 cm³/mol. The van der Waals surface area contributed by atoms with E-state index >= 15 is 0 Å². The highest BCUT2D eigenvalue weighted by Crippen LogP contribution is 2.40. The smallest absolute Gasteiger partial charge is 0.227 e. The van der Waals surface area contributed by atoms with Crippen LogP contribution < -0.4 is 0 Å². The monoisotopic (exact) mass is 574 g/mol. The molecular weight excluding hydrogens is 512 g/mol. The van der Waals surface area contributed by atoms with Crippen molar-refractivity contribution < 1.29 is 9.90 Å². The highest BCUT2D eigenvalue weighted by atomic mass is 16.3. The van der Waals surface area contributed by atoms with Crippen molar-refractivity contribution in [3.63, 3.8) is 0 Å². The van der Waals surface area contributed by atoms with Gasteiger partial charge in [0.2, 0.25) is 5.78 Å². The van der Waals surface area contributed by atoms with E-state index in [1.165, 1.54) is 22.3 Å². The van der Waals surface area contributed by atoms with Gasteiger partial charge in [-0.3, -0.25) is 4.79 Å². The van der Waals surface area contributed by atoms with E-state index in [0.29, 0.717) is 17.8 Å². The van der Waals surface area contributed by atoms with Gasteiger partial charge in [0.15, 0.2) is 5.76 Å². The van der Waals surface area contributed by atoms with E-state index in [2.05, 4.69) is 99.6 Å².